The molecule has 0 bridgehead atoms. The van der Waals surface area contributed by atoms with E-state index in [4.69, 9.17) is 4.74 Å². The molecule has 3 rings (SSSR count). The summed E-state index contributed by atoms with van der Waals surface area (Å²) in [6.45, 7) is 2.02. The van der Waals surface area contributed by atoms with Gasteiger partial charge in [-0.15, -0.1) is 0 Å². The lowest BCUT2D eigenvalue weighted by molar-refractivity contribution is 0.188. The van der Waals surface area contributed by atoms with Crippen LogP contribution in [0, 0.1) is 0 Å². The zero-order valence-electron chi connectivity index (χ0n) is 14.2. The lowest BCUT2D eigenvalue weighted by atomic mass is 10.2. The fourth-order valence-electron chi connectivity index (χ4n) is 2.69. The van der Waals surface area contributed by atoms with Crippen LogP contribution >= 0.6 is 0 Å². The molecule has 2 amide bonds. The van der Waals surface area contributed by atoms with Gasteiger partial charge in [0.1, 0.15) is 0 Å². The van der Waals surface area contributed by atoms with Crippen molar-refractivity contribution in [3.63, 3.8) is 0 Å². The SMILES string of the molecule is COCCn1ccc2cc(NC(=O)NCCc3ccccn3)ccc21. The minimum absolute atomic E-state index is 0.214. The lowest BCUT2D eigenvalue weighted by Gasteiger charge is -2.09. The molecule has 0 saturated carbocycles. The number of fused-ring (bicyclic) bond motifs is 1. The second-order valence-corrected chi connectivity index (χ2v) is 5.73. The quantitative estimate of drug-likeness (QED) is 0.696. The number of carbonyl (C=O) groups excluding carboxylic acids is 1. The number of nitrogens with one attached hydrogen (secondary N) is 2. The van der Waals surface area contributed by atoms with Crippen LogP contribution in [0.2, 0.25) is 0 Å². The predicted octanol–water partition coefficient (Wildman–Crippen LogP) is 3.05. The van der Waals surface area contributed by atoms with Crippen molar-refractivity contribution in [1.82, 2.24) is 14.9 Å². The summed E-state index contributed by atoms with van der Waals surface area (Å²) in [4.78, 5) is 16.3. The van der Waals surface area contributed by atoms with Crippen LogP contribution < -0.4 is 10.6 Å². The van der Waals surface area contributed by atoms with Crippen LogP contribution in [0.4, 0.5) is 10.5 Å². The first kappa shape index (κ1) is 17.0. The van der Waals surface area contributed by atoms with Gasteiger partial charge in [-0.05, 0) is 36.4 Å². The van der Waals surface area contributed by atoms with Gasteiger partial charge in [0.05, 0.1) is 6.61 Å². The minimum Gasteiger partial charge on any atom is -0.383 e. The number of ether oxygens (including phenoxy) is 1. The second kappa shape index (κ2) is 8.30. The van der Waals surface area contributed by atoms with Gasteiger partial charge in [0.2, 0.25) is 0 Å². The van der Waals surface area contributed by atoms with Crippen LogP contribution in [0.3, 0.4) is 0 Å². The van der Waals surface area contributed by atoms with Gasteiger partial charge in [0.25, 0.3) is 0 Å². The molecular formula is C19H22N4O2. The van der Waals surface area contributed by atoms with E-state index in [2.05, 4.69) is 20.2 Å². The van der Waals surface area contributed by atoms with Crippen molar-refractivity contribution in [2.24, 2.45) is 0 Å². The number of anilines is 1. The number of amides is 2. The van der Waals surface area contributed by atoms with E-state index in [0.717, 1.165) is 28.8 Å². The molecule has 0 spiro atoms. The summed E-state index contributed by atoms with van der Waals surface area (Å²) in [6.07, 6.45) is 4.49. The Morgan fingerprint density at radius 3 is 2.96 bits per heavy atom. The summed E-state index contributed by atoms with van der Waals surface area (Å²) in [7, 11) is 1.69. The maximum absolute atomic E-state index is 12.0. The van der Waals surface area contributed by atoms with Crippen molar-refractivity contribution < 1.29 is 9.53 Å². The maximum atomic E-state index is 12.0. The summed E-state index contributed by atoms with van der Waals surface area (Å²) in [5, 5.41) is 6.80. The molecule has 0 radical (unpaired) electrons. The van der Waals surface area contributed by atoms with Gasteiger partial charge in [-0.25, -0.2) is 4.79 Å². The molecule has 6 nitrogen and oxygen atoms in total. The minimum atomic E-state index is -0.214. The number of urea groups is 1. The van der Waals surface area contributed by atoms with Crippen molar-refractivity contribution in [2.75, 3.05) is 25.6 Å². The zero-order chi connectivity index (χ0) is 17.5. The number of hydrogen-bond acceptors (Lipinski definition) is 3. The van der Waals surface area contributed by atoms with E-state index >= 15 is 0 Å². The largest absolute Gasteiger partial charge is 0.383 e. The number of pyridine rings is 1. The zero-order valence-corrected chi connectivity index (χ0v) is 14.2. The van der Waals surface area contributed by atoms with Gasteiger partial charge in [-0.2, -0.15) is 0 Å². The van der Waals surface area contributed by atoms with E-state index in [0.29, 0.717) is 19.6 Å². The van der Waals surface area contributed by atoms with Crippen LogP contribution in [-0.2, 0) is 17.7 Å². The van der Waals surface area contributed by atoms with Crippen molar-refractivity contribution in [1.29, 1.82) is 0 Å². The van der Waals surface area contributed by atoms with Crippen LogP contribution in [0.15, 0.2) is 54.9 Å². The average molecular weight is 338 g/mol. The highest BCUT2D eigenvalue weighted by molar-refractivity contribution is 5.92. The number of hydrogen-bond donors (Lipinski definition) is 2. The fraction of sp³-hybridized carbons (Fsp3) is 0.263. The molecule has 25 heavy (non-hydrogen) atoms. The van der Waals surface area contributed by atoms with Gasteiger partial charge in [-0.3, -0.25) is 4.98 Å². The second-order valence-electron chi connectivity index (χ2n) is 5.73. The molecule has 130 valence electrons. The summed E-state index contributed by atoms with van der Waals surface area (Å²) in [5.41, 5.74) is 2.85. The lowest BCUT2D eigenvalue weighted by Crippen LogP contribution is -2.30. The van der Waals surface area contributed by atoms with E-state index < -0.39 is 0 Å². The van der Waals surface area contributed by atoms with Crippen molar-refractivity contribution >= 4 is 22.6 Å². The summed E-state index contributed by atoms with van der Waals surface area (Å²) in [5.74, 6) is 0. The van der Waals surface area contributed by atoms with E-state index in [9.17, 15) is 4.79 Å². The van der Waals surface area contributed by atoms with Gasteiger partial charge in [0, 0.05) is 61.3 Å². The van der Waals surface area contributed by atoms with Crippen LogP contribution in [0.25, 0.3) is 10.9 Å². The predicted molar refractivity (Wildman–Crippen MR) is 98.8 cm³/mol. The molecular weight excluding hydrogens is 316 g/mol. The monoisotopic (exact) mass is 338 g/mol. The van der Waals surface area contributed by atoms with Crippen LogP contribution in [0.5, 0.6) is 0 Å². The van der Waals surface area contributed by atoms with Crippen molar-refractivity contribution in [3.8, 4) is 0 Å². The number of benzene rings is 1. The Labute approximate surface area is 146 Å². The van der Waals surface area contributed by atoms with Crippen molar-refractivity contribution in [3.05, 3.63) is 60.6 Å². The molecule has 1 aromatic carbocycles. The normalized spacial score (nSPS) is 10.8. The highest BCUT2D eigenvalue weighted by Gasteiger charge is 2.05. The topological polar surface area (TPSA) is 68.2 Å². The number of aromatic nitrogens is 2. The number of methoxy groups -OCH3 is 1. The Hall–Kier alpha value is -2.86. The molecule has 0 aliphatic heterocycles. The summed E-state index contributed by atoms with van der Waals surface area (Å²) < 4.78 is 7.25. The van der Waals surface area contributed by atoms with Gasteiger partial charge < -0.3 is 19.9 Å². The van der Waals surface area contributed by atoms with Crippen LogP contribution in [0.1, 0.15) is 5.69 Å². The van der Waals surface area contributed by atoms with Gasteiger partial charge >= 0.3 is 6.03 Å². The molecule has 3 aromatic rings. The van der Waals surface area contributed by atoms with Gasteiger partial charge in [-0.1, -0.05) is 6.07 Å². The van der Waals surface area contributed by atoms with E-state index in [1.807, 2.05) is 48.7 Å². The van der Waals surface area contributed by atoms with Crippen LogP contribution in [-0.4, -0.2) is 35.8 Å². The number of rotatable bonds is 7. The molecule has 0 atom stereocenters. The summed E-state index contributed by atoms with van der Waals surface area (Å²) >= 11 is 0. The summed E-state index contributed by atoms with van der Waals surface area (Å²) in [6, 6.07) is 13.5. The maximum Gasteiger partial charge on any atom is 0.319 e. The molecule has 0 aliphatic carbocycles. The third kappa shape index (κ3) is 4.58. The number of nitrogens with zero attached hydrogens (tertiary/aromatic N) is 2. The first-order valence-electron chi connectivity index (χ1n) is 8.29. The molecule has 0 unspecified atom stereocenters. The molecule has 2 N–H and O–H groups in total. The molecule has 0 fully saturated rings. The third-order valence-corrected chi connectivity index (χ3v) is 3.96. The Bertz CT molecular complexity index is 830. The molecule has 6 heteroatoms. The molecule has 0 aliphatic rings. The highest BCUT2D eigenvalue weighted by Crippen LogP contribution is 2.20. The Balaban J connectivity index is 1.54. The Kier molecular flexibility index (Phi) is 5.64. The molecule has 2 heterocycles. The van der Waals surface area contributed by atoms with E-state index in [1.165, 1.54) is 0 Å². The fourth-order valence-corrected chi connectivity index (χ4v) is 2.69. The molecule has 2 aromatic heterocycles. The molecule has 0 saturated heterocycles. The van der Waals surface area contributed by atoms with Gasteiger partial charge in [0.15, 0.2) is 0 Å². The third-order valence-electron chi connectivity index (χ3n) is 3.96. The smallest absolute Gasteiger partial charge is 0.319 e. The Morgan fingerprint density at radius 2 is 2.16 bits per heavy atom. The first-order chi connectivity index (χ1) is 12.3. The Morgan fingerprint density at radius 1 is 1.24 bits per heavy atom. The first-order valence-corrected chi connectivity index (χ1v) is 8.29. The highest BCUT2D eigenvalue weighted by atomic mass is 16.5. The van der Waals surface area contributed by atoms with E-state index in [-0.39, 0.29) is 6.03 Å². The standard InChI is InChI=1S/C19H22N4O2/c1-25-13-12-23-11-8-15-14-17(5-6-18(15)23)22-19(24)21-10-7-16-4-2-3-9-20-16/h2-6,8-9,11,14H,7,10,12-13H2,1H3,(H2,21,22,24). The average Bonchev–Trinajstić information content (AvgIpc) is 3.03. The van der Waals surface area contributed by atoms with Crippen molar-refractivity contribution in [2.45, 2.75) is 13.0 Å². The van der Waals surface area contributed by atoms with E-state index in [1.54, 1.807) is 13.3 Å². The number of carbonyl (C=O) groups is 1.